The van der Waals surface area contributed by atoms with E-state index in [-0.39, 0.29) is 17.3 Å². The molecule has 0 saturated carbocycles. The number of sulfonamides is 1. The Morgan fingerprint density at radius 3 is 2.33 bits per heavy atom. The van der Waals surface area contributed by atoms with Crippen LogP contribution in [0.1, 0.15) is 5.56 Å². The molecule has 3 rings (SSSR count). The fraction of sp³-hybridized carbons (Fsp3) is 0.174. The Hall–Kier alpha value is -2.62. The summed E-state index contributed by atoms with van der Waals surface area (Å²) in [6.45, 7) is -0.192. The number of rotatable bonds is 10. The van der Waals surface area contributed by atoms with E-state index in [1.807, 2.05) is 0 Å². The molecule has 0 aromatic heterocycles. The molecule has 5 nitrogen and oxygen atoms in total. The zero-order valence-corrected chi connectivity index (χ0v) is 19.8. The Morgan fingerprint density at radius 1 is 0.970 bits per heavy atom. The topological polar surface area (TPSA) is 66.5 Å². The summed E-state index contributed by atoms with van der Waals surface area (Å²) in [5.74, 6) is -0.632. The van der Waals surface area contributed by atoms with Crippen LogP contribution in [0.15, 0.2) is 77.7 Å². The van der Waals surface area contributed by atoms with Gasteiger partial charge in [-0.2, -0.15) is 11.8 Å². The van der Waals surface area contributed by atoms with E-state index in [9.17, 15) is 22.0 Å². The molecule has 0 saturated heterocycles. The first-order valence-corrected chi connectivity index (χ1v) is 12.9. The van der Waals surface area contributed by atoms with Gasteiger partial charge >= 0.3 is 0 Å². The van der Waals surface area contributed by atoms with Crippen molar-refractivity contribution in [2.75, 3.05) is 23.1 Å². The molecule has 0 fully saturated rings. The quantitative estimate of drug-likeness (QED) is 0.395. The van der Waals surface area contributed by atoms with E-state index < -0.39 is 28.3 Å². The molecule has 1 N–H and O–H groups in total. The van der Waals surface area contributed by atoms with Crippen LogP contribution in [0.3, 0.4) is 0 Å². The number of para-hydroxylation sites is 1. The van der Waals surface area contributed by atoms with Crippen LogP contribution in [-0.2, 0) is 20.6 Å². The van der Waals surface area contributed by atoms with Crippen LogP contribution >= 0.6 is 23.4 Å². The lowest BCUT2D eigenvalue weighted by Crippen LogP contribution is -2.41. The van der Waals surface area contributed by atoms with Gasteiger partial charge in [0.25, 0.3) is 10.0 Å². The molecule has 0 unspecified atom stereocenters. The minimum atomic E-state index is -4.10. The molecule has 0 radical (unpaired) electrons. The highest BCUT2D eigenvalue weighted by Gasteiger charge is 2.27. The van der Waals surface area contributed by atoms with Crippen molar-refractivity contribution in [1.29, 1.82) is 0 Å². The van der Waals surface area contributed by atoms with Gasteiger partial charge in [-0.1, -0.05) is 35.9 Å². The SMILES string of the molecule is O=C(CN(c1ccccc1)S(=O)(=O)c1ccc(F)cc1)NCCSCc1c(F)cccc1Cl. The van der Waals surface area contributed by atoms with E-state index in [4.69, 9.17) is 11.6 Å². The summed E-state index contributed by atoms with van der Waals surface area (Å²) in [7, 11) is -4.10. The number of halogens is 3. The number of carbonyl (C=O) groups excluding carboxylic acids is 1. The lowest BCUT2D eigenvalue weighted by molar-refractivity contribution is -0.119. The van der Waals surface area contributed by atoms with Crippen molar-refractivity contribution in [1.82, 2.24) is 5.32 Å². The predicted octanol–water partition coefficient (Wildman–Crippen LogP) is 4.86. The van der Waals surface area contributed by atoms with Gasteiger partial charge in [0.1, 0.15) is 18.2 Å². The highest BCUT2D eigenvalue weighted by molar-refractivity contribution is 7.98. The molecule has 0 atom stereocenters. The molecule has 0 aliphatic heterocycles. The Kier molecular flexibility index (Phi) is 8.71. The number of nitrogens with one attached hydrogen (secondary N) is 1. The zero-order chi connectivity index (χ0) is 23.8. The normalized spacial score (nSPS) is 11.2. The van der Waals surface area contributed by atoms with Gasteiger partial charge in [-0.15, -0.1) is 0 Å². The molecule has 0 aliphatic rings. The molecule has 0 spiro atoms. The van der Waals surface area contributed by atoms with E-state index in [2.05, 4.69) is 5.32 Å². The monoisotopic (exact) mass is 510 g/mol. The number of nitrogens with zero attached hydrogens (tertiary/aromatic N) is 1. The minimum Gasteiger partial charge on any atom is -0.354 e. The molecule has 10 heteroatoms. The third kappa shape index (κ3) is 6.69. The van der Waals surface area contributed by atoms with E-state index in [1.54, 1.807) is 36.4 Å². The Balaban J connectivity index is 1.62. The molecule has 174 valence electrons. The number of thioether (sulfide) groups is 1. The number of anilines is 1. The summed E-state index contributed by atoms with van der Waals surface area (Å²) >= 11 is 7.39. The fourth-order valence-corrected chi connectivity index (χ4v) is 5.55. The third-order valence-electron chi connectivity index (χ3n) is 4.61. The van der Waals surface area contributed by atoms with E-state index >= 15 is 0 Å². The molecule has 33 heavy (non-hydrogen) atoms. The molecular formula is C23H21ClF2N2O3S2. The summed E-state index contributed by atoms with van der Waals surface area (Å²) in [6, 6.07) is 17.1. The van der Waals surface area contributed by atoms with Gasteiger partial charge in [0.05, 0.1) is 10.6 Å². The second kappa shape index (κ2) is 11.5. The summed E-state index contributed by atoms with van der Waals surface area (Å²) < 4.78 is 54.3. The minimum absolute atomic E-state index is 0.127. The second-order valence-corrected chi connectivity index (χ2v) is 10.3. The van der Waals surface area contributed by atoms with Crippen LogP contribution in [0, 0.1) is 11.6 Å². The summed E-state index contributed by atoms with van der Waals surface area (Å²) in [5.41, 5.74) is 0.705. The first-order valence-electron chi connectivity index (χ1n) is 9.90. The van der Waals surface area contributed by atoms with Crippen molar-refractivity contribution >= 4 is 45.0 Å². The highest BCUT2D eigenvalue weighted by Crippen LogP contribution is 2.25. The molecule has 0 bridgehead atoms. The summed E-state index contributed by atoms with van der Waals surface area (Å²) in [5, 5.41) is 3.02. The van der Waals surface area contributed by atoms with Crippen molar-refractivity contribution < 1.29 is 22.0 Å². The van der Waals surface area contributed by atoms with Crippen molar-refractivity contribution in [2.24, 2.45) is 0 Å². The van der Waals surface area contributed by atoms with Crippen molar-refractivity contribution in [3.05, 3.63) is 95.0 Å². The number of benzene rings is 3. The largest absolute Gasteiger partial charge is 0.354 e. The molecule has 0 aliphatic carbocycles. The van der Waals surface area contributed by atoms with Gasteiger partial charge in [-0.3, -0.25) is 9.10 Å². The van der Waals surface area contributed by atoms with Gasteiger partial charge in [-0.25, -0.2) is 17.2 Å². The Bertz CT molecular complexity index is 1170. The average molecular weight is 511 g/mol. The maximum absolute atomic E-state index is 13.8. The lowest BCUT2D eigenvalue weighted by Gasteiger charge is -2.24. The first-order chi connectivity index (χ1) is 15.8. The first kappa shape index (κ1) is 25.0. The van der Waals surface area contributed by atoms with E-state index in [0.29, 0.717) is 27.8 Å². The van der Waals surface area contributed by atoms with Crippen LogP contribution in [0.25, 0.3) is 0 Å². The number of hydrogen-bond donors (Lipinski definition) is 1. The second-order valence-electron chi connectivity index (χ2n) is 6.90. The number of carbonyl (C=O) groups is 1. The van der Waals surface area contributed by atoms with Gasteiger partial charge in [0.2, 0.25) is 5.91 Å². The maximum atomic E-state index is 13.8. The fourth-order valence-electron chi connectivity index (χ4n) is 2.94. The Morgan fingerprint density at radius 2 is 1.67 bits per heavy atom. The van der Waals surface area contributed by atoms with E-state index in [1.165, 1.54) is 23.9 Å². The smallest absolute Gasteiger partial charge is 0.264 e. The molecule has 3 aromatic carbocycles. The zero-order valence-electron chi connectivity index (χ0n) is 17.4. The van der Waals surface area contributed by atoms with Crippen molar-refractivity contribution in [3.63, 3.8) is 0 Å². The van der Waals surface area contributed by atoms with Crippen LogP contribution in [0.2, 0.25) is 5.02 Å². The molecule has 1 amide bonds. The lowest BCUT2D eigenvalue weighted by atomic mass is 10.2. The Labute approximate surface area is 200 Å². The van der Waals surface area contributed by atoms with Crippen LogP contribution in [0.4, 0.5) is 14.5 Å². The number of hydrogen-bond acceptors (Lipinski definition) is 4. The summed E-state index contributed by atoms with van der Waals surface area (Å²) in [4.78, 5) is 12.4. The standard InChI is InChI=1S/C23H21ClF2N2O3S2/c24-21-7-4-8-22(26)20(21)16-32-14-13-27-23(29)15-28(18-5-2-1-3-6-18)33(30,31)19-11-9-17(25)10-12-19/h1-12H,13-16H2,(H,27,29). The van der Waals surface area contributed by atoms with Gasteiger partial charge in [0.15, 0.2) is 0 Å². The van der Waals surface area contributed by atoms with Gasteiger partial charge in [-0.05, 0) is 48.5 Å². The van der Waals surface area contributed by atoms with Crippen LogP contribution in [0.5, 0.6) is 0 Å². The molecule has 3 aromatic rings. The summed E-state index contributed by atoms with van der Waals surface area (Å²) in [6.07, 6.45) is 0. The average Bonchev–Trinajstić information content (AvgIpc) is 2.79. The van der Waals surface area contributed by atoms with E-state index in [0.717, 1.165) is 28.6 Å². The van der Waals surface area contributed by atoms with Crippen molar-refractivity contribution in [3.8, 4) is 0 Å². The van der Waals surface area contributed by atoms with Crippen molar-refractivity contribution in [2.45, 2.75) is 10.6 Å². The molecule has 0 heterocycles. The maximum Gasteiger partial charge on any atom is 0.264 e. The predicted molar refractivity (Wildman–Crippen MR) is 128 cm³/mol. The van der Waals surface area contributed by atoms with Crippen LogP contribution < -0.4 is 9.62 Å². The van der Waals surface area contributed by atoms with Gasteiger partial charge < -0.3 is 5.32 Å². The number of amides is 1. The highest BCUT2D eigenvalue weighted by atomic mass is 35.5. The van der Waals surface area contributed by atoms with Crippen LogP contribution in [-0.4, -0.2) is 33.2 Å². The third-order valence-corrected chi connectivity index (χ3v) is 7.74. The van der Waals surface area contributed by atoms with Gasteiger partial charge in [0, 0.05) is 28.6 Å². The molecular weight excluding hydrogens is 490 g/mol.